The highest BCUT2D eigenvalue weighted by molar-refractivity contribution is 7.14. The van der Waals surface area contributed by atoms with E-state index in [4.69, 9.17) is 4.74 Å². The topological polar surface area (TPSA) is 38.3 Å². The summed E-state index contributed by atoms with van der Waals surface area (Å²) >= 11 is 1.50. The summed E-state index contributed by atoms with van der Waals surface area (Å²) in [6.45, 7) is 2.00. The highest BCUT2D eigenvalue weighted by Crippen LogP contribution is 2.25. The molecule has 1 saturated carbocycles. The standard InChI is InChI=1S/C17H19NO2S/c1-12-6-11-16(21-12)17(19)18-13-7-9-15(10-8-13)20-14-4-2-3-5-14/h6-11,14H,2-5H2,1H3,(H,18,19). The molecule has 0 saturated heterocycles. The maximum Gasteiger partial charge on any atom is 0.265 e. The first-order valence-corrected chi connectivity index (χ1v) is 8.17. The predicted octanol–water partition coefficient (Wildman–Crippen LogP) is 4.63. The summed E-state index contributed by atoms with van der Waals surface area (Å²) in [4.78, 5) is 13.9. The third kappa shape index (κ3) is 3.64. The van der Waals surface area contributed by atoms with Crippen LogP contribution in [0.25, 0.3) is 0 Å². The second-order valence-electron chi connectivity index (χ2n) is 5.41. The molecule has 1 aliphatic rings. The number of thiophene rings is 1. The van der Waals surface area contributed by atoms with Crippen LogP contribution < -0.4 is 10.1 Å². The summed E-state index contributed by atoms with van der Waals surface area (Å²) in [6.07, 6.45) is 5.18. The minimum Gasteiger partial charge on any atom is -0.490 e. The fraction of sp³-hybridized carbons (Fsp3) is 0.353. The zero-order chi connectivity index (χ0) is 14.7. The molecule has 0 atom stereocenters. The van der Waals surface area contributed by atoms with Crippen molar-refractivity contribution >= 4 is 22.9 Å². The normalized spacial score (nSPS) is 15.1. The van der Waals surface area contributed by atoms with Crippen LogP contribution in [0.4, 0.5) is 5.69 Å². The van der Waals surface area contributed by atoms with Gasteiger partial charge in [-0.05, 0) is 69.0 Å². The van der Waals surface area contributed by atoms with Crippen molar-refractivity contribution in [2.75, 3.05) is 5.32 Å². The van der Waals surface area contributed by atoms with Crippen LogP contribution in [-0.2, 0) is 0 Å². The van der Waals surface area contributed by atoms with Gasteiger partial charge in [0.2, 0.25) is 0 Å². The van der Waals surface area contributed by atoms with Crippen molar-refractivity contribution in [3.8, 4) is 5.75 Å². The average molecular weight is 301 g/mol. The van der Waals surface area contributed by atoms with E-state index in [1.165, 1.54) is 24.2 Å². The van der Waals surface area contributed by atoms with Gasteiger partial charge in [-0.25, -0.2) is 0 Å². The smallest absolute Gasteiger partial charge is 0.265 e. The third-order valence-corrected chi connectivity index (χ3v) is 4.68. The number of benzene rings is 1. The first kappa shape index (κ1) is 14.1. The van der Waals surface area contributed by atoms with Crippen LogP contribution in [0, 0.1) is 6.92 Å². The molecule has 110 valence electrons. The Morgan fingerprint density at radius 1 is 1.14 bits per heavy atom. The SMILES string of the molecule is Cc1ccc(C(=O)Nc2ccc(OC3CCCC3)cc2)s1. The van der Waals surface area contributed by atoms with Gasteiger partial charge in [0.15, 0.2) is 0 Å². The highest BCUT2D eigenvalue weighted by Gasteiger charge is 2.16. The van der Waals surface area contributed by atoms with Gasteiger partial charge in [-0.3, -0.25) is 4.79 Å². The molecule has 1 aromatic carbocycles. The second kappa shape index (κ2) is 6.31. The molecule has 0 aliphatic heterocycles. The summed E-state index contributed by atoms with van der Waals surface area (Å²) < 4.78 is 5.91. The number of carbonyl (C=O) groups excluding carboxylic acids is 1. The van der Waals surface area contributed by atoms with Crippen molar-refractivity contribution < 1.29 is 9.53 Å². The number of ether oxygens (including phenoxy) is 1. The van der Waals surface area contributed by atoms with Crippen molar-refractivity contribution in [1.29, 1.82) is 0 Å². The van der Waals surface area contributed by atoms with E-state index in [-0.39, 0.29) is 5.91 Å². The van der Waals surface area contributed by atoms with Gasteiger partial charge in [0, 0.05) is 10.6 Å². The second-order valence-corrected chi connectivity index (χ2v) is 6.70. The van der Waals surface area contributed by atoms with E-state index in [1.54, 1.807) is 0 Å². The fourth-order valence-corrected chi connectivity index (χ4v) is 3.33. The van der Waals surface area contributed by atoms with Gasteiger partial charge >= 0.3 is 0 Å². The van der Waals surface area contributed by atoms with Gasteiger partial charge in [0.05, 0.1) is 11.0 Å². The maximum atomic E-state index is 12.1. The Morgan fingerprint density at radius 3 is 2.48 bits per heavy atom. The number of aryl methyl sites for hydroxylation is 1. The zero-order valence-corrected chi connectivity index (χ0v) is 12.9. The molecular formula is C17H19NO2S. The molecule has 1 heterocycles. The van der Waals surface area contributed by atoms with E-state index in [0.717, 1.165) is 34.0 Å². The van der Waals surface area contributed by atoms with Crippen molar-refractivity contribution in [3.63, 3.8) is 0 Å². The number of nitrogens with one attached hydrogen (secondary N) is 1. The number of rotatable bonds is 4. The number of hydrogen-bond donors (Lipinski definition) is 1. The monoisotopic (exact) mass is 301 g/mol. The number of carbonyl (C=O) groups is 1. The molecule has 2 aromatic rings. The molecule has 3 nitrogen and oxygen atoms in total. The average Bonchev–Trinajstić information content (AvgIpc) is 3.12. The minimum atomic E-state index is -0.0578. The first-order chi connectivity index (χ1) is 10.2. The van der Waals surface area contributed by atoms with Crippen molar-refractivity contribution in [2.45, 2.75) is 38.7 Å². The maximum absolute atomic E-state index is 12.1. The van der Waals surface area contributed by atoms with Crippen LogP contribution in [0.5, 0.6) is 5.75 Å². The Balaban J connectivity index is 1.60. The quantitative estimate of drug-likeness (QED) is 0.894. The molecule has 1 amide bonds. The van der Waals surface area contributed by atoms with E-state index in [9.17, 15) is 4.79 Å². The van der Waals surface area contributed by atoms with Gasteiger partial charge in [0.25, 0.3) is 5.91 Å². The molecular weight excluding hydrogens is 282 g/mol. The predicted molar refractivity (Wildman–Crippen MR) is 86.3 cm³/mol. The zero-order valence-electron chi connectivity index (χ0n) is 12.1. The number of amides is 1. The lowest BCUT2D eigenvalue weighted by Gasteiger charge is -2.13. The van der Waals surface area contributed by atoms with E-state index in [1.807, 2.05) is 43.3 Å². The summed E-state index contributed by atoms with van der Waals surface area (Å²) in [7, 11) is 0. The Morgan fingerprint density at radius 2 is 1.86 bits per heavy atom. The molecule has 4 heteroatoms. The summed E-state index contributed by atoms with van der Waals surface area (Å²) in [5.41, 5.74) is 0.796. The van der Waals surface area contributed by atoms with Gasteiger partial charge in [-0.2, -0.15) is 0 Å². The van der Waals surface area contributed by atoms with E-state index in [0.29, 0.717) is 6.10 Å². The van der Waals surface area contributed by atoms with Crippen LogP contribution in [0.15, 0.2) is 36.4 Å². The lowest BCUT2D eigenvalue weighted by molar-refractivity contribution is 0.103. The Kier molecular flexibility index (Phi) is 4.25. The largest absolute Gasteiger partial charge is 0.490 e. The highest BCUT2D eigenvalue weighted by atomic mass is 32.1. The summed E-state index contributed by atoms with van der Waals surface area (Å²) in [5.74, 6) is 0.824. The minimum absolute atomic E-state index is 0.0578. The molecule has 3 rings (SSSR count). The van der Waals surface area contributed by atoms with E-state index < -0.39 is 0 Å². The molecule has 1 fully saturated rings. The molecule has 0 unspecified atom stereocenters. The molecule has 1 N–H and O–H groups in total. The molecule has 0 bridgehead atoms. The van der Waals surface area contributed by atoms with Crippen molar-refractivity contribution in [2.24, 2.45) is 0 Å². The van der Waals surface area contributed by atoms with E-state index >= 15 is 0 Å². The van der Waals surface area contributed by atoms with Gasteiger partial charge in [0.1, 0.15) is 5.75 Å². The van der Waals surface area contributed by atoms with Crippen LogP contribution in [0.2, 0.25) is 0 Å². The number of hydrogen-bond acceptors (Lipinski definition) is 3. The van der Waals surface area contributed by atoms with Crippen LogP contribution in [-0.4, -0.2) is 12.0 Å². The Labute approximate surface area is 129 Å². The van der Waals surface area contributed by atoms with E-state index in [2.05, 4.69) is 5.32 Å². The molecule has 21 heavy (non-hydrogen) atoms. The summed E-state index contributed by atoms with van der Waals surface area (Å²) in [5, 5.41) is 2.91. The van der Waals surface area contributed by atoms with Gasteiger partial charge < -0.3 is 10.1 Å². The lowest BCUT2D eigenvalue weighted by Crippen LogP contribution is -2.11. The number of anilines is 1. The van der Waals surface area contributed by atoms with Gasteiger partial charge in [-0.15, -0.1) is 11.3 Å². The van der Waals surface area contributed by atoms with Crippen molar-refractivity contribution in [1.82, 2.24) is 0 Å². The Bertz CT molecular complexity index is 612. The van der Waals surface area contributed by atoms with Crippen LogP contribution in [0.3, 0.4) is 0 Å². The fourth-order valence-electron chi connectivity index (χ4n) is 2.56. The summed E-state index contributed by atoms with van der Waals surface area (Å²) in [6, 6.07) is 11.4. The molecule has 1 aromatic heterocycles. The lowest BCUT2D eigenvalue weighted by atomic mass is 10.2. The Hall–Kier alpha value is -1.81. The molecule has 0 spiro atoms. The molecule has 1 aliphatic carbocycles. The van der Waals surface area contributed by atoms with Crippen LogP contribution >= 0.6 is 11.3 Å². The first-order valence-electron chi connectivity index (χ1n) is 7.35. The third-order valence-electron chi connectivity index (χ3n) is 3.68. The van der Waals surface area contributed by atoms with Crippen LogP contribution in [0.1, 0.15) is 40.2 Å². The van der Waals surface area contributed by atoms with Gasteiger partial charge in [-0.1, -0.05) is 0 Å². The molecule has 0 radical (unpaired) electrons. The van der Waals surface area contributed by atoms with Crippen molar-refractivity contribution in [3.05, 3.63) is 46.2 Å².